The molecule has 2 N–H and O–H groups in total. The topological polar surface area (TPSA) is 61.4 Å². The van der Waals surface area contributed by atoms with Gasteiger partial charge in [-0.15, -0.1) is 0 Å². The molecule has 0 aromatic heterocycles. The van der Waals surface area contributed by atoms with Crippen LogP contribution < -0.4 is 10.6 Å². The molecule has 2 amide bonds. The smallest absolute Gasteiger partial charge is 0.355 e. The van der Waals surface area contributed by atoms with Crippen molar-refractivity contribution in [1.29, 1.82) is 0 Å². The van der Waals surface area contributed by atoms with Crippen LogP contribution in [-0.2, 0) is 11.2 Å². The molecule has 1 aliphatic rings. The van der Waals surface area contributed by atoms with E-state index in [0.717, 1.165) is 0 Å². The first kappa shape index (κ1) is 27.9. The van der Waals surface area contributed by atoms with E-state index in [-0.39, 0.29) is 37.4 Å². The van der Waals surface area contributed by atoms with Crippen molar-refractivity contribution in [1.82, 2.24) is 15.5 Å². The van der Waals surface area contributed by atoms with Gasteiger partial charge in [-0.2, -0.15) is 13.2 Å². The Hall–Kier alpha value is -2.65. The van der Waals surface area contributed by atoms with Crippen LogP contribution in [0.4, 0.5) is 17.6 Å². The number of nitrogens with zero attached hydrogens (tertiary/aromatic N) is 1. The van der Waals surface area contributed by atoms with E-state index in [1.165, 1.54) is 31.3 Å². The second-order valence-electron chi connectivity index (χ2n) is 9.48. The van der Waals surface area contributed by atoms with Crippen LogP contribution in [0.15, 0.2) is 42.5 Å². The van der Waals surface area contributed by atoms with Crippen molar-refractivity contribution in [3.63, 3.8) is 0 Å². The van der Waals surface area contributed by atoms with E-state index >= 15 is 0 Å². The highest BCUT2D eigenvalue weighted by Gasteiger charge is 2.67. The van der Waals surface area contributed by atoms with E-state index in [0.29, 0.717) is 22.6 Å². The van der Waals surface area contributed by atoms with Gasteiger partial charge in [0.05, 0.1) is 11.0 Å². The monoisotopic (exact) mass is 527 g/mol. The zero-order chi connectivity index (χ0) is 26.7. The first-order valence-corrected chi connectivity index (χ1v) is 12.0. The summed E-state index contributed by atoms with van der Waals surface area (Å²) in [5.74, 6) is -2.68. The van der Waals surface area contributed by atoms with Gasteiger partial charge in [-0.1, -0.05) is 29.8 Å². The maximum absolute atomic E-state index is 14.4. The number of alkyl halides is 3. The molecule has 5 nitrogen and oxygen atoms in total. The molecule has 0 aliphatic heterocycles. The highest BCUT2D eigenvalue weighted by molar-refractivity contribution is 6.30. The van der Waals surface area contributed by atoms with E-state index in [2.05, 4.69) is 10.6 Å². The standard InChI is InChI=1S/C26H30ClF4N3O2/c1-32-24(36)20-9-4-16(13-22(20)28)12-19(34(2)3)15-33-23(35)14-21(17-5-7-18(27)8-6-17)25(10-11-25)26(29,30)31/h4-9,13,19,21H,10-12,14-15H2,1-3H3,(H,32,36)(H,33,35)/t19-,21-/m0/s1. The Balaban J connectivity index is 1.69. The number of carbonyl (C=O) groups excluding carboxylic acids is 2. The molecule has 0 radical (unpaired) electrons. The second-order valence-corrected chi connectivity index (χ2v) is 9.92. The van der Waals surface area contributed by atoms with Gasteiger partial charge in [0.1, 0.15) is 5.82 Å². The Morgan fingerprint density at radius 1 is 1.11 bits per heavy atom. The van der Waals surface area contributed by atoms with E-state index < -0.39 is 35.1 Å². The number of nitrogens with one attached hydrogen (secondary N) is 2. The van der Waals surface area contributed by atoms with Crippen LogP contribution in [0.2, 0.25) is 5.02 Å². The summed E-state index contributed by atoms with van der Waals surface area (Å²) in [7, 11) is 5.01. The van der Waals surface area contributed by atoms with E-state index in [4.69, 9.17) is 11.6 Å². The fourth-order valence-electron chi connectivity index (χ4n) is 4.49. The molecule has 0 unspecified atom stereocenters. The Morgan fingerprint density at radius 2 is 1.75 bits per heavy atom. The molecule has 36 heavy (non-hydrogen) atoms. The number of halogens is 5. The summed E-state index contributed by atoms with van der Waals surface area (Å²) in [5.41, 5.74) is -0.923. The maximum atomic E-state index is 14.4. The van der Waals surface area contributed by atoms with Crippen LogP contribution in [0.3, 0.4) is 0 Å². The lowest BCUT2D eigenvalue weighted by Gasteiger charge is -2.30. The van der Waals surface area contributed by atoms with Crippen molar-refractivity contribution < 1.29 is 27.2 Å². The van der Waals surface area contributed by atoms with Gasteiger partial charge in [-0.3, -0.25) is 9.59 Å². The lowest BCUT2D eigenvalue weighted by molar-refractivity contribution is -0.194. The Kier molecular flexibility index (Phi) is 8.67. The number of likely N-dealkylation sites (N-methyl/N-ethyl adjacent to an activating group) is 1. The van der Waals surface area contributed by atoms with Crippen LogP contribution >= 0.6 is 11.6 Å². The highest BCUT2D eigenvalue weighted by atomic mass is 35.5. The molecule has 2 aromatic carbocycles. The summed E-state index contributed by atoms with van der Waals surface area (Å²) in [6, 6.07) is 10.2. The number of rotatable bonds is 10. The van der Waals surface area contributed by atoms with Crippen molar-refractivity contribution in [3.05, 3.63) is 70.0 Å². The van der Waals surface area contributed by atoms with Gasteiger partial charge >= 0.3 is 6.18 Å². The first-order valence-electron chi connectivity index (χ1n) is 11.6. The van der Waals surface area contributed by atoms with Crippen LogP contribution in [0.25, 0.3) is 0 Å². The SMILES string of the molecule is CNC(=O)c1ccc(C[C@@H](CNC(=O)C[C@@H](c2ccc(Cl)cc2)C2(C(F)(F)F)CC2)N(C)C)cc1F. The molecule has 2 atom stereocenters. The van der Waals surface area contributed by atoms with Gasteiger partial charge in [0.25, 0.3) is 5.91 Å². The molecule has 0 bridgehead atoms. The molecular formula is C26H30ClF4N3O2. The largest absolute Gasteiger partial charge is 0.395 e. The number of hydrogen-bond donors (Lipinski definition) is 2. The van der Waals surface area contributed by atoms with Crippen molar-refractivity contribution in [2.24, 2.45) is 5.41 Å². The Bertz CT molecular complexity index is 1090. The molecule has 2 aromatic rings. The highest BCUT2D eigenvalue weighted by Crippen LogP contribution is 2.66. The van der Waals surface area contributed by atoms with Gasteiger partial charge in [-0.05, 0) is 68.8 Å². The van der Waals surface area contributed by atoms with Crippen LogP contribution in [0.1, 0.15) is 46.7 Å². The lowest BCUT2D eigenvalue weighted by Crippen LogP contribution is -2.42. The zero-order valence-electron chi connectivity index (χ0n) is 20.4. The fourth-order valence-corrected chi connectivity index (χ4v) is 4.62. The average molecular weight is 528 g/mol. The quantitative estimate of drug-likeness (QED) is 0.430. The third kappa shape index (κ3) is 6.37. The molecule has 3 rings (SSSR count). The normalized spacial score (nSPS) is 16.4. The molecule has 196 valence electrons. The Morgan fingerprint density at radius 3 is 2.25 bits per heavy atom. The van der Waals surface area contributed by atoms with Crippen molar-refractivity contribution >= 4 is 23.4 Å². The average Bonchev–Trinajstić information content (AvgIpc) is 3.62. The zero-order valence-corrected chi connectivity index (χ0v) is 21.1. The molecule has 0 heterocycles. The number of benzene rings is 2. The summed E-state index contributed by atoms with van der Waals surface area (Å²) in [4.78, 5) is 26.4. The van der Waals surface area contributed by atoms with Gasteiger partial charge in [-0.25, -0.2) is 4.39 Å². The summed E-state index contributed by atoms with van der Waals surface area (Å²) in [6.07, 6.45) is -4.40. The third-order valence-corrected chi connectivity index (χ3v) is 7.18. The molecular weight excluding hydrogens is 498 g/mol. The van der Waals surface area contributed by atoms with Crippen molar-refractivity contribution in [2.45, 2.75) is 43.8 Å². The number of carbonyl (C=O) groups is 2. The van der Waals surface area contributed by atoms with Crippen LogP contribution in [0.5, 0.6) is 0 Å². The van der Waals surface area contributed by atoms with Crippen LogP contribution in [-0.4, -0.2) is 56.6 Å². The lowest BCUT2D eigenvalue weighted by atomic mass is 9.80. The van der Waals surface area contributed by atoms with E-state index in [9.17, 15) is 27.2 Å². The summed E-state index contributed by atoms with van der Waals surface area (Å²) >= 11 is 5.91. The van der Waals surface area contributed by atoms with Gasteiger partial charge in [0, 0.05) is 37.0 Å². The fraction of sp³-hybridized carbons (Fsp3) is 0.462. The van der Waals surface area contributed by atoms with E-state index in [1.807, 2.05) is 4.90 Å². The molecule has 1 aliphatic carbocycles. The minimum absolute atomic E-state index is 0.0188. The predicted molar refractivity (Wildman–Crippen MR) is 131 cm³/mol. The molecule has 10 heteroatoms. The van der Waals surface area contributed by atoms with E-state index in [1.54, 1.807) is 32.3 Å². The molecule has 1 saturated carbocycles. The maximum Gasteiger partial charge on any atom is 0.395 e. The van der Waals surface area contributed by atoms with Gasteiger partial charge in [0.15, 0.2) is 0 Å². The Labute approximate surface area is 213 Å². The minimum atomic E-state index is -4.42. The summed E-state index contributed by atoms with van der Waals surface area (Å²) in [6.45, 7) is 0.164. The number of amides is 2. The van der Waals surface area contributed by atoms with Gasteiger partial charge in [0.2, 0.25) is 5.91 Å². The van der Waals surface area contributed by atoms with Crippen molar-refractivity contribution in [2.75, 3.05) is 27.7 Å². The molecule has 0 saturated heterocycles. The molecule has 1 fully saturated rings. The van der Waals surface area contributed by atoms with Crippen molar-refractivity contribution in [3.8, 4) is 0 Å². The summed E-state index contributed by atoms with van der Waals surface area (Å²) < 4.78 is 56.2. The molecule has 0 spiro atoms. The number of hydrogen-bond acceptors (Lipinski definition) is 3. The minimum Gasteiger partial charge on any atom is -0.355 e. The predicted octanol–water partition coefficient (Wildman–Crippen LogP) is 4.94. The van der Waals surface area contributed by atoms with Crippen LogP contribution in [0, 0.1) is 11.2 Å². The second kappa shape index (κ2) is 11.2. The summed E-state index contributed by atoms with van der Waals surface area (Å²) in [5, 5.41) is 5.55. The third-order valence-electron chi connectivity index (χ3n) is 6.92. The van der Waals surface area contributed by atoms with Gasteiger partial charge < -0.3 is 15.5 Å². The first-order chi connectivity index (χ1) is 16.9.